The molecule has 0 saturated carbocycles. The maximum Gasteiger partial charge on any atom is 0.242 e. The van der Waals surface area contributed by atoms with Gasteiger partial charge in [-0.3, -0.25) is 14.5 Å². The summed E-state index contributed by atoms with van der Waals surface area (Å²) in [6, 6.07) is 19.2. The Morgan fingerprint density at radius 3 is 2.58 bits per heavy atom. The van der Waals surface area contributed by atoms with Crippen LogP contribution in [0.25, 0.3) is 16.3 Å². The van der Waals surface area contributed by atoms with Crippen LogP contribution in [0, 0.1) is 5.92 Å². The van der Waals surface area contributed by atoms with Gasteiger partial charge in [-0.1, -0.05) is 60.5 Å². The number of hydrogen-bond donors (Lipinski definition) is 0. The van der Waals surface area contributed by atoms with Crippen LogP contribution >= 0.6 is 46.3 Å². The molecular formula is C30H28Cl2N4O2S2. The predicted molar refractivity (Wildman–Crippen MR) is 165 cm³/mol. The number of hydrogen-bond acceptors (Lipinski definition) is 5. The molecule has 1 unspecified atom stereocenters. The number of rotatable bonds is 5. The Morgan fingerprint density at radius 1 is 1.05 bits per heavy atom. The van der Waals surface area contributed by atoms with E-state index in [0.29, 0.717) is 40.6 Å². The van der Waals surface area contributed by atoms with Gasteiger partial charge in [-0.05, 0) is 60.0 Å². The number of nitrogens with zero attached hydrogens (tertiary/aromatic N) is 4. The first-order chi connectivity index (χ1) is 19.4. The van der Waals surface area contributed by atoms with Crippen molar-refractivity contribution in [3.8, 4) is 16.3 Å². The number of carbonyl (C=O) groups is 2. The van der Waals surface area contributed by atoms with Crippen molar-refractivity contribution in [1.82, 2.24) is 14.7 Å². The third-order valence-electron chi connectivity index (χ3n) is 7.51. The summed E-state index contributed by atoms with van der Waals surface area (Å²) in [4.78, 5) is 32.0. The minimum Gasteiger partial charge on any atom is -0.341 e. The highest BCUT2D eigenvalue weighted by molar-refractivity contribution is 8.00. The lowest BCUT2D eigenvalue weighted by molar-refractivity contribution is -0.132. The Morgan fingerprint density at radius 2 is 1.85 bits per heavy atom. The summed E-state index contributed by atoms with van der Waals surface area (Å²) < 4.78 is 1.75. The summed E-state index contributed by atoms with van der Waals surface area (Å²) in [7, 11) is 0. The van der Waals surface area contributed by atoms with Crippen molar-refractivity contribution in [2.24, 2.45) is 5.92 Å². The van der Waals surface area contributed by atoms with Crippen LogP contribution in [0.2, 0.25) is 10.0 Å². The van der Waals surface area contributed by atoms with Gasteiger partial charge >= 0.3 is 0 Å². The van der Waals surface area contributed by atoms with Gasteiger partial charge < -0.3 is 4.90 Å². The molecule has 0 radical (unpaired) electrons. The van der Waals surface area contributed by atoms with Crippen LogP contribution in [-0.2, 0) is 9.59 Å². The zero-order chi connectivity index (χ0) is 27.8. The molecule has 1 atom stereocenters. The minimum atomic E-state index is -0.234. The molecule has 2 aliphatic heterocycles. The fraction of sp³-hybridized carbons (Fsp3) is 0.300. The molecule has 0 bridgehead atoms. The molecule has 4 heterocycles. The van der Waals surface area contributed by atoms with Crippen LogP contribution in [0.5, 0.6) is 0 Å². The number of fused-ring (bicyclic) bond motifs is 1. The van der Waals surface area contributed by atoms with E-state index in [1.54, 1.807) is 20.9 Å². The molecule has 0 N–H and O–H groups in total. The molecule has 40 heavy (non-hydrogen) atoms. The normalized spacial score (nSPS) is 18.1. The summed E-state index contributed by atoms with van der Waals surface area (Å²) in [5, 5.41) is 8.00. The molecule has 2 aliphatic rings. The summed E-state index contributed by atoms with van der Waals surface area (Å²) in [5.74, 6) is 1.20. The number of thiophene rings is 1. The number of thioether (sulfide) groups is 1. The number of para-hydroxylation sites is 1. The summed E-state index contributed by atoms with van der Waals surface area (Å²) >= 11 is 16.3. The molecular weight excluding hydrogens is 583 g/mol. The Hall–Kier alpha value is -2.78. The van der Waals surface area contributed by atoms with E-state index in [4.69, 9.17) is 28.3 Å². The fourth-order valence-corrected chi connectivity index (χ4v) is 7.66. The van der Waals surface area contributed by atoms with Gasteiger partial charge in [0.2, 0.25) is 11.8 Å². The molecule has 6 nitrogen and oxygen atoms in total. The molecule has 0 aliphatic carbocycles. The maximum atomic E-state index is 13.9. The fourth-order valence-electron chi connectivity index (χ4n) is 5.33. The second kappa shape index (κ2) is 11.6. The topological polar surface area (TPSA) is 58.4 Å². The SMILES string of the molecule is CC1CCN(C(=O)CN2C(=O)CSC(c3cccc(Cl)c3)c3c(-c4cccs4)nn(-c4ccccc4Cl)c32)CC1. The van der Waals surface area contributed by atoms with Crippen LogP contribution in [0.4, 0.5) is 5.82 Å². The minimum absolute atomic E-state index is 0.0525. The highest BCUT2D eigenvalue weighted by Gasteiger charge is 2.39. The first-order valence-corrected chi connectivity index (χ1v) is 16.0. The number of amides is 2. The quantitative estimate of drug-likeness (QED) is 0.237. The first kappa shape index (κ1) is 27.4. The molecule has 2 aromatic carbocycles. The van der Waals surface area contributed by atoms with Crippen molar-refractivity contribution in [3.63, 3.8) is 0 Å². The van der Waals surface area contributed by atoms with Gasteiger partial charge in [0, 0.05) is 23.7 Å². The number of halogens is 2. The molecule has 206 valence electrons. The number of aromatic nitrogens is 2. The zero-order valence-electron chi connectivity index (χ0n) is 21.9. The number of likely N-dealkylation sites (tertiary alicyclic amines) is 1. The monoisotopic (exact) mass is 610 g/mol. The Bertz CT molecular complexity index is 1550. The number of anilines is 1. The van der Waals surface area contributed by atoms with Gasteiger partial charge in [-0.25, -0.2) is 4.68 Å². The van der Waals surface area contributed by atoms with Crippen LogP contribution < -0.4 is 4.90 Å². The molecule has 1 fully saturated rings. The average molecular weight is 612 g/mol. The summed E-state index contributed by atoms with van der Waals surface area (Å²) in [6.07, 6.45) is 1.94. The Kier molecular flexibility index (Phi) is 7.95. The van der Waals surface area contributed by atoms with Crippen molar-refractivity contribution in [1.29, 1.82) is 0 Å². The highest BCUT2D eigenvalue weighted by atomic mass is 35.5. The summed E-state index contributed by atoms with van der Waals surface area (Å²) in [6.45, 7) is 3.58. The van der Waals surface area contributed by atoms with Gasteiger partial charge in [0.15, 0.2) is 0 Å². The zero-order valence-corrected chi connectivity index (χ0v) is 25.1. The Balaban J connectivity index is 1.56. The third kappa shape index (κ3) is 5.30. The second-order valence-corrected chi connectivity index (χ2v) is 13.1. The second-order valence-electron chi connectivity index (χ2n) is 10.2. The van der Waals surface area contributed by atoms with Gasteiger partial charge in [0.05, 0.1) is 26.6 Å². The molecule has 4 aromatic rings. The van der Waals surface area contributed by atoms with Crippen molar-refractivity contribution in [3.05, 3.63) is 87.2 Å². The molecule has 2 amide bonds. The van der Waals surface area contributed by atoms with E-state index < -0.39 is 0 Å². The van der Waals surface area contributed by atoms with Gasteiger partial charge in [-0.2, -0.15) is 5.10 Å². The predicted octanol–water partition coefficient (Wildman–Crippen LogP) is 7.34. The molecule has 0 spiro atoms. The van der Waals surface area contributed by atoms with Crippen LogP contribution in [0.1, 0.15) is 36.1 Å². The number of benzene rings is 2. The van der Waals surface area contributed by atoms with E-state index in [2.05, 4.69) is 6.92 Å². The largest absolute Gasteiger partial charge is 0.341 e. The molecule has 6 rings (SSSR count). The van der Waals surface area contributed by atoms with Crippen molar-refractivity contribution in [2.75, 3.05) is 30.3 Å². The van der Waals surface area contributed by atoms with E-state index in [1.165, 1.54) is 11.8 Å². The lowest BCUT2D eigenvalue weighted by atomic mass is 9.99. The number of piperidine rings is 1. The lowest BCUT2D eigenvalue weighted by Gasteiger charge is -2.32. The molecule has 10 heteroatoms. The van der Waals surface area contributed by atoms with Crippen molar-refractivity contribution < 1.29 is 9.59 Å². The Labute approximate surface area is 251 Å². The van der Waals surface area contributed by atoms with E-state index in [9.17, 15) is 9.59 Å². The van der Waals surface area contributed by atoms with Crippen LogP contribution in [0.15, 0.2) is 66.0 Å². The maximum absolute atomic E-state index is 13.9. The van der Waals surface area contributed by atoms with E-state index in [-0.39, 0.29) is 29.4 Å². The van der Waals surface area contributed by atoms with E-state index in [1.807, 2.05) is 70.9 Å². The first-order valence-electron chi connectivity index (χ1n) is 13.3. The van der Waals surface area contributed by atoms with Gasteiger partial charge in [0.25, 0.3) is 0 Å². The lowest BCUT2D eigenvalue weighted by Crippen LogP contribution is -2.46. The van der Waals surface area contributed by atoms with Gasteiger partial charge in [-0.15, -0.1) is 23.1 Å². The van der Waals surface area contributed by atoms with Gasteiger partial charge in [0.1, 0.15) is 18.1 Å². The smallest absolute Gasteiger partial charge is 0.242 e. The van der Waals surface area contributed by atoms with Crippen LogP contribution in [-0.4, -0.2) is 51.9 Å². The standard InChI is InChI=1S/C30H28Cl2N4O2S2/c1-19-11-13-34(14-12-19)25(37)17-35-26(38)18-40-29(20-6-4-7-21(31)16-20)27-28(24-10-5-15-39-24)33-36(30(27)35)23-9-3-2-8-22(23)32/h2-10,15-16,19,29H,11-14,17-18H2,1H3. The van der Waals surface area contributed by atoms with E-state index in [0.717, 1.165) is 34.5 Å². The highest BCUT2D eigenvalue weighted by Crippen LogP contribution is 2.49. The molecule has 2 aromatic heterocycles. The third-order valence-corrected chi connectivity index (χ3v) is 10.2. The van der Waals surface area contributed by atoms with E-state index >= 15 is 0 Å². The number of carbonyl (C=O) groups excluding carboxylic acids is 2. The van der Waals surface area contributed by atoms with Crippen molar-refractivity contribution in [2.45, 2.75) is 25.0 Å². The average Bonchev–Trinajstić information content (AvgIpc) is 3.58. The van der Waals surface area contributed by atoms with Crippen LogP contribution in [0.3, 0.4) is 0 Å². The van der Waals surface area contributed by atoms with Crippen molar-refractivity contribution >= 4 is 63.9 Å². The summed E-state index contributed by atoms with van der Waals surface area (Å²) in [5.41, 5.74) is 3.26. The molecule has 1 saturated heterocycles.